The molecule has 2 atom stereocenters. The number of benzene rings is 3. The van der Waals surface area contributed by atoms with Crippen molar-refractivity contribution in [1.29, 1.82) is 0 Å². The van der Waals surface area contributed by atoms with Gasteiger partial charge in [0.25, 0.3) is 0 Å². The van der Waals surface area contributed by atoms with E-state index < -0.39 is 6.10 Å². The summed E-state index contributed by atoms with van der Waals surface area (Å²) in [5, 5.41) is 10.9. The van der Waals surface area contributed by atoms with Gasteiger partial charge in [-0.3, -0.25) is 4.90 Å². The monoisotopic (exact) mass is 369 g/mol. The van der Waals surface area contributed by atoms with Gasteiger partial charge in [0.15, 0.2) is 0 Å². The van der Waals surface area contributed by atoms with Crippen molar-refractivity contribution >= 4 is 0 Å². The van der Waals surface area contributed by atoms with E-state index in [1.54, 1.807) is 0 Å². The molecule has 0 radical (unpaired) electrons. The van der Waals surface area contributed by atoms with Crippen molar-refractivity contribution in [2.24, 2.45) is 0 Å². The summed E-state index contributed by atoms with van der Waals surface area (Å²) in [6.45, 7) is 1.52. The van der Waals surface area contributed by atoms with Crippen LogP contribution < -0.4 is 0 Å². The number of hydrogen-bond acceptors (Lipinski definition) is 2. The third kappa shape index (κ3) is 5.82. The van der Waals surface area contributed by atoms with Crippen molar-refractivity contribution in [1.82, 2.24) is 4.90 Å². The average Bonchev–Trinajstić information content (AvgIpc) is 2.74. The Morgan fingerprint density at radius 1 is 0.714 bits per heavy atom. The van der Waals surface area contributed by atoms with Gasteiger partial charge in [0, 0.05) is 25.6 Å². The Labute approximate surface area is 168 Å². The lowest BCUT2D eigenvalue weighted by Gasteiger charge is -2.35. The smallest absolute Gasteiger partial charge is 0.0807 e. The van der Waals surface area contributed by atoms with Crippen molar-refractivity contribution in [2.45, 2.75) is 38.1 Å². The van der Waals surface area contributed by atoms with Crippen LogP contribution in [0.2, 0.25) is 0 Å². The van der Waals surface area contributed by atoms with Crippen LogP contribution in [0.3, 0.4) is 0 Å². The van der Waals surface area contributed by atoms with Gasteiger partial charge in [-0.2, -0.15) is 0 Å². The van der Waals surface area contributed by atoms with Crippen LogP contribution >= 0.6 is 0 Å². The molecule has 0 saturated carbocycles. The van der Waals surface area contributed by atoms with E-state index >= 15 is 0 Å². The predicted octanol–water partition coefficient (Wildman–Crippen LogP) is 4.68. The van der Waals surface area contributed by atoms with E-state index in [-0.39, 0.29) is 6.04 Å². The first kappa shape index (κ1) is 19.9. The Bertz CT molecular complexity index is 814. The molecule has 0 saturated heterocycles. The molecule has 0 spiro atoms. The van der Waals surface area contributed by atoms with Gasteiger partial charge in [-0.05, 0) is 23.1 Å². The van der Waals surface area contributed by atoms with Crippen molar-refractivity contribution in [3.8, 4) is 12.3 Å². The number of hydrogen-bond donors (Lipinski definition) is 1. The summed E-state index contributed by atoms with van der Waals surface area (Å²) in [5.41, 5.74) is 3.66. The van der Waals surface area contributed by atoms with E-state index in [0.29, 0.717) is 6.42 Å². The highest BCUT2D eigenvalue weighted by atomic mass is 16.3. The standard InChI is InChI=1S/C26H27NO/c1-2-12-26(28)25(19-22-13-6-3-7-14-22)27(20-23-15-8-4-9-16-23)21-24-17-10-5-11-18-24/h1,3-11,13-18,25-26,28H,12,19-21H2/t25-,26+/m0/s1. The summed E-state index contributed by atoms with van der Waals surface area (Å²) >= 11 is 0. The second-order valence-corrected chi connectivity index (χ2v) is 7.11. The molecular weight excluding hydrogens is 342 g/mol. The van der Waals surface area contributed by atoms with Crippen molar-refractivity contribution in [2.75, 3.05) is 0 Å². The molecule has 2 heteroatoms. The fraction of sp³-hybridized carbons (Fsp3) is 0.231. The fourth-order valence-electron chi connectivity index (χ4n) is 3.55. The minimum atomic E-state index is -0.586. The highest BCUT2D eigenvalue weighted by Crippen LogP contribution is 2.20. The molecule has 0 bridgehead atoms. The maximum atomic E-state index is 10.9. The lowest BCUT2D eigenvalue weighted by atomic mass is 9.96. The van der Waals surface area contributed by atoms with E-state index in [2.05, 4.69) is 71.5 Å². The largest absolute Gasteiger partial charge is 0.390 e. The summed E-state index contributed by atoms with van der Waals surface area (Å²) in [6.07, 6.45) is 6.05. The molecule has 3 aromatic carbocycles. The van der Waals surface area contributed by atoms with Gasteiger partial charge in [-0.15, -0.1) is 12.3 Å². The van der Waals surface area contributed by atoms with Gasteiger partial charge in [0.2, 0.25) is 0 Å². The van der Waals surface area contributed by atoms with E-state index in [1.165, 1.54) is 16.7 Å². The Morgan fingerprint density at radius 3 is 1.57 bits per heavy atom. The maximum Gasteiger partial charge on any atom is 0.0807 e. The van der Waals surface area contributed by atoms with Crippen molar-refractivity contribution < 1.29 is 5.11 Å². The molecule has 2 nitrogen and oxygen atoms in total. The first-order chi connectivity index (χ1) is 13.8. The number of nitrogens with zero attached hydrogens (tertiary/aromatic N) is 1. The number of aliphatic hydroxyl groups is 1. The summed E-state index contributed by atoms with van der Waals surface area (Å²) in [4.78, 5) is 2.35. The topological polar surface area (TPSA) is 23.5 Å². The van der Waals surface area contributed by atoms with Crippen LogP contribution in [0, 0.1) is 12.3 Å². The second kappa shape index (κ2) is 10.5. The van der Waals surface area contributed by atoms with Crippen LogP contribution in [0.25, 0.3) is 0 Å². The Balaban J connectivity index is 1.90. The molecule has 1 N–H and O–H groups in total. The van der Waals surface area contributed by atoms with E-state index in [0.717, 1.165) is 19.5 Å². The van der Waals surface area contributed by atoms with Crippen molar-refractivity contribution in [3.63, 3.8) is 0 Å². The summed E-state index contributed by atoms with van der Waals surface area (Å²) in [5.74, 6) is 2.64. The first-order valence-corrected chi connectivity index (χ1v) is 9.73. The molecule has 3 rings (SSSR count). The lowest BCUT2D eigenvalue weighted by Crippen LogP contribution is -2.44. The van der Waals surface area contributed by atoms with E-state index in [1.807, 2.05) is 30.3 Å². The van der Waals surface area contributed by atoms with Crippen molar-refractivity contribution in [3.05, 3.63) is 108 Å². The molecule has 0 unspecified atom stereocenters. The second-order valence-electron chi connectivity index (χ2n) is 7.11. The van der Waals surface area contributed by atoms with Crippen LogP contribution in [0.15, 0.2) is 91.0 Å². The molecule has 142 valence electrons. The molecule has 3 aromatic rings. The number of terminal acetylenes is 1. The van der Waals surface area contributed by atoms with Gasteiger partial charge >= 0.3 is 0 Å². The van der Waals surface area contributed by atoms with Gasteiger partial charge in [0.05, 0.1) is 6.10 Å². The van der Waals surface area contributed by atoms with Crippen LogP contribution in [-0.4, -0.2) is 22.2 Å². The lowest BCUT2D eigenvalue weighted by molar-refractivity contribution is 0.0423. The third-order valence-corrected chi connectivity index (χ3v) is 4.98. The molecule has 28 heavy (non-hydrogen) atoms. The molecule has 0 aliphatic rings. The average molecular weight is 370 g/mol. The Morgan fingerprint density at radius 2 is 1.14 bits per heavy atom. The molecule has 0 amide bonds. The SMILES string of the molecule is C#CC[C@@H](O)[C@H](Cc1ccccc1)N(Cc1ccccc1)Cc1ccccc1. The van der Waals surface area contributed by atoms with Crippen LogP contribution in [0.1, 0.15) is 23.1 Å². The predicted molar refractivity (Wildman–Crippen MR) is 116 cm³/mol. The van der Waals surface area contributed by atoms with E-state index in [9.17, 15) is 5.11 Å². The van der Waals surface area contributed by atoms with Crippen LogP contribution in [0.4, 0.5) is 0 Å². The molecular formula is C26H27NO. The van der Waals surface area contributed by atoms with E-state index in [4.69, 9.17) is 6.42 Å². The molecule has 0 aliphatic carbocycles. The zero-order valence-corrected chi connectivity index (χ0v) is 16.1. The summed E-state index contributed by atoms with van der Waals surface area (Å²) in [6, 6.07) is 31.0. The van der Waals surface area contributed by atoms with Gasteiger partial charge in [0.1, 0.15) is 0 Å². The maximum absolute atomic E-state index is 10.9. The number of rotatable bonds is 9. The fourth-order valence-corrected chi connectivity index (χ4v) is 3.55. The van der Waals surface area contributed by atoms with Crippen LogP contribution in [-0.2, 0) is 19.5 Å². The van der Waals surface area contributed by atoms with Gasteiger partial charge < -0.3 is 5.11 Å². The summed E-state index contributed by atoms with van der Waals surface area (Å²) < 4.78 is 0. The quantitative estimate of drug-likeness (QED) is 0.554. The highest BCUT2D eigenvalue weighted by Gasteiger charge is 2.26. The van der Waals surface area contributed by atoms with Gasteiger partial charge in [-0.25, -0.2) is 0 Å². The third-order valence-electron chi connectivity index (χ3n) is 4.98. The van der Waals surface area contributed by atoms with Gasteiger partial charge in [-0.1, -0.05) is 91.0 Å². The molecule has 0 fully saturated rings. The summed E-state index contributed by atoms with van der Waals surface area (Å²) in [7, 11) is 0. The molecule has 0 heterocycles. The zero-order valence-electron chi connectivity index (χ0n) is 16.1. The first-order valence-electron chi connectivity index (χ1n) is 9.73. The molecule has 0 aliphatic heterocycles. The minimum Gasteiger partial charge on any atom is -0.390 e. The zero-order chi connectivity index (χ0) is 19.6. The highest BCUT2D eigenvalue weighted by molar-refractivity contribution is 5.20. The Kier molecular flexibility index (Phi) is 7.44. The van der Waals surface area contributed by atoms with Crippen LogP contribution in [0.5, 0.6) is 0 Å². The number of aliphatic hydroxyl groups excluding tert-OH is 1. The Hall–Kier alpha value is -2.86. The molecule has 0 aromatic heterocycles. The minimum absolute atomic E-state index is 0.0705. The normalized spacial score (nSPS) is 13.0.